The molecule has 0 aromatic rings. The van der Waals surface area contributed by atoms with Crippen molar-refractivity contribution >= 4 is 0 Å². The van der Waals surface area contributed by atoms with Gasteiger partial charge in [0.15, 0.2) is 0 Å². The summed E-state index contributed by atoms with van der Waals surface area (Å²) in [5, 5.41) is 0. The summed E-state index contributed by atoms with van der Waals surface area (Å²) in [4.78, 5) is 2.38. The predicted molar refractivity (Wildman–Crippen MR) is 72.3 cm³/mol. The lowest BCUT2D eigenvalue weighted by atomic mass is 9.93. The summed E-state index contributed by atoms with van der Waals surface area (Å²) in [6.45, 7) is 8.79. The number of rotatable bonds is 11. The van der Waals surface area contributed by atoms with Gasteiger partial charge in [0.25, 0.3) is 0 Å². The zero-order valence-corrected chi connectivity index (χ0v) is 12.0. The molecule has 0 saturated heterocycles. The maximum Gasteiger partial charge on any atom is 0.0589 e. The number of methoxy groups -OCH3 is 2. The van der Waals surface area contributed by atoms with Crippen LogP contribution in [0.2, 0.25) is 0 Å². The monoisotopic (exact) mass is 246 g/mol. The smallest absolute Gasteiger partial charge is 0.0589 e. The van der Waals surface area contributed by atoms with E-state index in [1.807, 2.05) is 0 Å². The lowest BCUT2D eigenvalue weighted by molar-refractivity contribution is 0.114. The van der Waals surface area contributed by atoms with Gasteiger partial charge in [0.1, 0.15) is 0 Å². The van der Waals surface area contributed by atoms with E-state index in [0.717, 1.165) is 52.1 Å². The third-order valence-electron chi connectivity index (χ3n) is 3.38. The minimum atomic E-state index is -0.0686. The van der Waals surface area contributed by atoms with Crippen molar-refractivity contribution in [2.45, 2.75) is 38.6 Å². The van der Waals surface area contributed by atoms with E-state index in [4.69, 9.17) is 15.2 Å². The summed E-state index contributed by atoms with van der Waals surface area (Å²) < 4.78 is 10.2. The summed E-state index contributed by atoms with van der Waals surface area (Å²) in [6, 6.07) is 0. The fourth-order valence-corrected chi connectivity index (χ4v) is 1.84. The highest BCUT2D eigenvalue weighted by atomic mass is 16.5. The number of nitrogens with two attached hydrogens (primary N) is 1. The molecule has 0 bridgehead atoms. The van der Waals surface area contributed by atoms with E-state index < -0.39 is 0 Å². The first-order valence-electron chi connectivity index (χ1n) is 6.61. The lowest BCUT2D eigenvalue weighted by Gasteiger charge is -2.34. The molecule has 0 rings (SSSR count). The van der Waals surface area contributed by atoms with Crippen LogP contribution in [0.5, 0.6) is 0 Å². The van der Waals surface area contributed by atoms with Gasteiger partial charge >= 0.3 is 0 Å². The van der Waals surface area contributed by atoms with E-state index in [1.165, 1.54) is 0 Å². The molecule has 0 aromatic heterocycles. The molecule has 0 spiro atoms. The number of nitrogens with zero attached hydrogens (tertiary/aromatic N) is 1. The van der Waals surface area contributed by atoms with Gasteiger partial charge in [-0.2, -0.15) is 0 Å². The van der Waals surface area contributed by atoms with E-state index in [0.29, 0.717) is 0 Å². The minimum Gasteiger partial charge on any atom is -0.385 e. The van der Waals surface area contributed by atoms with Gasteiger partial charge < -0.3 is 15.2 Å². The Hall–Kier alpha value is -0.160. The molecule has 4 heteroatoms. The Morgan fingerprint density at radius 1 is 1.00 bits per heavy atom. The third kappa shape index (κ3) is 7.71. The summed E-state index contributed by atoms with van der Waals surface area (Å²) in [7, 11) is 3.48. The average Bonchev–Trinajstić information content (AvgIpc) is 2.35. The predicted octanol–water partition coefficient (Wildman–Crippen LogP) is 1.49. The molecule has 0 fully saturated rings. The van der Waals surface area contributed by atoms with E-state index in [2.05, 4.69) is 18.7 Å². The molecule has 0 unspecified atom stereocenters. The normalized spacial score (nSPS) is 12.4. The summed E-state index contributed by atoms with van der Waals surface area (Å²) in [6.07, 6.45) is 3.07. The molecule has 0 aliphatic rings. The van der Waals surface area contributed by atoms with Crippen LogP contribution in [0.4, 0.5) is 0 Å². The largest absolute Gasteiger partial charge is 0.385 e. The quantitative estimate of drug-likeness (QED) is 0.561. The van der Waals surface area contributed by atoms with Crippen molar-refractivity contribution in [1.29, 1.82) is 0 Å². The fraction of sp³-hybridized carbons (Fsp3) is 1.00. The summed E-state index contributed by atoms with van der Waals surface area (Å²) in [5.74, 6) is 0. The second-order valence-electron chi connectivity index (χ2n) is 4.68. The van der Waals surface area contributed by atoms with Crippen LogP contribution in [0.15, 0.2) is 0 Å². The van der Waals surface area contributed by atoms with Crippen LogP contribution < -0.4 is 5.73 Å². The standard InChI is InChI=1S/C13H30N2O2/c1-5-13(14,6-2)12-15(9-11-17-4)8-7-10-16-3/h5-12,14H2,1-4H3. The van der Waals surface area contributed by atoms with Gasteiger partial charge in [0.05, 0.1) is 6.61 Å². The molecule has 0 aliphatic carbocycles. The molecule has 0 saturated carbocycles. The average molecular weight is 246 g/mol. The molecule has 4 nitrogen and oxygen atoms in total. The Bertz CT molecular complexity index is 173. The molecule has 0 radical (unpaired) electrons. The zero-order chi connectivity index (χ0) is 13.1. The van der Waals surface area contributed by atoms with Gasteiger partial charge in [-0.3, -0.25) is 4.90 Å². The Balaban J connectivity index is 4.15. The van der Waals surface area contributed by atoms with Gasteiger partial charge in [0.2, 0.25) is 0 Å². The van der Waals surface area contributed by atoms with Crippen LogP contribution in [-0.4, -0.2) is 57.5 Å². The maximum absolute atomic E-state index is 6.36. The second kappa shape index (κ2) is 9.83. The Labute approximate surface area is 106 Å². The molecule has 2 N–H and O–H groups in total. The first kappa shape index (κ1) is 16.8. The number of hydrogen-bond acceptors (Lipinski definition) is 4. The van der Waals surface area contributed by atoms with Crippen molar-refractivity contribution in [1.82, 2.24) is 4.90 Å². The van der Waals surface area contributed by atoms with Crippen molar-refractivity contribution < 1.29 is 9.47 Å². The van der Waals surface area contributed by atoms with E-state index in [9.17, 15) is 0 Å². The first-order chi connectivity index (χ1) is 8.11. The summed E-state index contributed by atoms with van der Waals surface area (Å²) >= 11 is 0. The highest BCUT2D eigenvalue weighted by molar-refractivity contribution is 4.84. The molecule has 17 heavy (non-hydrogen) atoms. The molecule has 0 atom stereocenters. The van der Waals surface area contributed by atoms with Gasteiger partial charge in [-0.25, -0.2) is 0 Å². The van der Waals surface area contributed by atoms with Gasteiger partial charge in [-0.1, -0.05) is 13.8 Å². The van der Waals surface area contributed by atoms with Crippen LogP contribution in [0, 0.1) is 0 Å². The molecular weight excluding hydrogens is 216 g/mol. The maximum atomic E-state index is 6.36. The number of hydrogen-bond donors (Lipinski definition) is 1. The highest BCUT2D eigenvalue weighted by Crippen LogP contribution is 2.13. The van der Waals surface area contributed by atoms with Crippen LogP contribution in [0.25, 0.3) is 0 Å². The SMILES string of the molecule is CCC(N)(CC)CN(CCCOC)CCOC. The van der Waals surface area contributed by atoms with E-state index in [1.54, 1.807) is 14.2 Å². The molecule has 0 amide bonds. The van der Waals surface area contributed by atoms with Crippen LogP contribution in [0.1, 0.15) is 33.1 Å². The van der Waals surface area contributed by atoms with E-state index in [-0.39, 0.29) is 5.54 Å². The molecule has 0 aliphatic heterocycles. The number of ether oxygens (including phenoxy) is 2. The lowest BCUT2D eigenvalue weighted by Crippen LogP contribution is -2.50. The van der Waals surface area contributed by atoms with Crippen molar-refractivity contribution in [3.05, 3.63) is 0 Å². The van der Waals surface area contributed by atoms with Crippen molar-refractivity contribution in [3.8, 4) is 0 Å². The fourth-order valence-electron chi connectivity index (χ4n) is 1.84. The Morgan fingerprint density at radius 3 is 2.06 bits per heavy atom. The first-order valence-corrected chi connectivity index (χ1v) is 6.61. The molecule has 104 valence electrons. The summed E-state index contributed by atoms with van der Waals surface area (Å²) in [5.41, 5.74) is 6.29. The van der Waals surface area contributed by atoms with Crippen molar-refractivity contribution in [3.63, 3.8) is 0 Å². The molecular formula is C13H30N2O2. The molecule has 0 heterocycles. The van der Waals surface area contributed by atoms with Crippen molar-refractivity contribution in [2.75, 3.05) is 47.1 Å². The highest BCUT2D eigenvalue weighted by Gasteiger charge is 2.23. The third-order valence-corrected chi connectivity index (χ3v) is 3.38. The Morgan fingerprint density at radius 2 is 1.59 bits per heavy atom. The minimum absolute atomic E-state index is 0.0686. The van der Waals surface area contributed by atoms with Gasteiger partial charge in [0, 0.05) is 46.0 Å². The van der Waals surface area contributed by atoms with Crippen molar-refractivity contribution in [2.24, 2.45) is 5.73 Å². The second-order valence-corrected chi connectivity index (χ2v) is 4.68. The van der Waals surface area contributed by atoms with Gasteiger partial charge in [-0.05, 0) is 19.3 Å². The van der Waals surface area contributed by atoms with E-state index >= 15 is 0 Å². The van der Waals surface area contributed by atoms with Crippen LogP contribution >= 0.6 is 0 Å². The zero-order valence-electron chi connectivity index (χ0n) is 12.0. The topological polar surface area (TPSA) is 47.7 Å². The van der Waals surface area contributed by atoms with Crippen LogP contribution in [-0.2, 0) is 9.47 Å². The van der Waals surface area contributed by atoms with Crippen LogP contribution in [0.3, 0.4) is 0 Å². The van der Waals surface area contributed by atoms with Gasteiger partial charge in [-0.15, -0.1) is 0 Å². The Kier molecular flexibility index (Phi) is 9.74. The molecule has 0 aromatic carbocycles.